The van der Waals surface area contributed by atoms with Crippen LogP contribution in [0.25, 0.3) is 10.9 Å². The molecular weight excluding hydrogens is 445 g/mol. The lowest BCUT2D eigenvalue weighted by molar-refractivity contribution is -0.111. The minimum Gasteiger partial charge on any atom is -0.378 e. The number of halogens is 2. The van der Waals surface area contributed by atoms with Gasteiger partial charge in [0.2, 0.25) is 5.91 Å². The van der Waals surface area contributed by atoms with E-state index in [0.29, 0.717) is 40.2 Å². The Morgan fingerprint density at radius 3 is 2.73 bits per heavy atom. The van der Waals surface area contributed by atoms with Gasteiger partial charge in [-0.1, -0.05) is 17.7 Å². The summed E-state index contributed by atoms with van der Waals surface area (Å²) >= 11 is 5.88. The second-order valence-electron chi connectivity index (χ2n) is 8.22. The number of rotatable bonds is 6. The highest BCUT2D eigenvalue weighted by molar-refractivity contribution is 6.31. The predicted octanol–water partition coefficient (Wildman–Crippen LogP) is 4.52. The van der Waals surface area contributed by atoms with Gasteiger partial charge in [0.15, 0.2) is 0 Å². The van der Waals surface area contributed by atoms with Gasteiger partial charge in [0.25, 0.3) is 0 Å². The van der Waals surface area contributed by atoms with Crippen molar-refractivity contribution in [1.29, 1.82) is 0 Å². The van der Waals surface area contributed by atoms with Gasteiger partial charge in [-0.15, -0.1) is 0 Å². The van der Waals surface area contributed by atoms with Gasteiger partial charge < -0.3 is 15.4 Å². The van der Waals surface area contributed by atoms with Crippen LogP contribution in [0.4, 0.5) is 21.6 Å². The molecule has 2 unspecified atom stereocenters. The van der Waals surface area contributed by atoms with Crippen LogP contribution in [0.1, 0.15) is 12.8 Å². The maximum atomic E-state index is 13.5. The molecule has 2 aromatic carbocycles. The minimum atomic E-state index is -0.492. The van der Waals surface area contributed by atoms with Crippen LogP contribution < -0.4 is 10.6 Å². The van der Waals surface area contributed by atoms with Gasteiger partial charge in [0.1, 0.15) is 18.0 Å². The number of nitrogens with one attached hydrogen (secondary N) is 2. The van der Waals surface area contributed by atoms with E-state index in [2.05, 4.69) is 25.5 Å². The number of anilines is 3. The number of hydrogen-bond acceptors (Lipinski definition) is 6. The Morgan fingerprint density at radius 1 is 1.15 bits per heavy atom. The summed E-state index contributed by atoms with van der Waals surface area (Å²) in [5, 5.41) is 6.76. The third kappa shape index (κ3) is 4.83. The normalized spacial score (nSPS) is 20.4. The Morgan fingerprint density at radius 2 is 1.94 bits per heavy atom. The molecule has 170 valence electrons. The molecule has 0 aliphatic carbocycles. The van der Waals surface area contributed by atoms with Crippen LogP contribution in [-0.4, -0.2) is 52.6 Å². The first-order chi connectivity index (χ1) is 16.1. The highest BCUT2D eigenvalue weighted by Crippen LogP contribution is 2.29. The summed E-state index contributed by atoms with van der Waals surface area (Å²) < 4.78 is 19.1. The third-order valence-corrected chi connectivity index (χ3v) is 6.35. The Bertz CT molecular complexity index is 1200. The number of ether oxygens (including phenoxy) is 1. The van der Waals surface area contributed by atoms with Crippen molar-refractivity contribution in [3.8, 4) is 0 Å². The molecule has 0 saturated carbocycles. The zero-order chi connectivity index (χ0) is 22.8. The fourth-order valence-electron chi connectivity index (χ4n) is 4.42. The molecule has 2 bridgehead atoms. The van der Waals surface area contributed by atoms with Crippen molar-refractivity contribution in [1.82, 2.24) is 14.9 Å². The average Bonchev–Trinajstić information content (AvgIpc) is 3.02. The minimum absolute atomic E-state index is 0.0168. The number of morpholine rings is 1. The van der Waals surface area contributed by atoms with Crippen LogP contribution in [0.3, 0.4) is 0 Å². The zero-order valence-electron chi connectivity index (χ0n) is 17.8. The summed E-state index contributed by atoms with van der Waals surface area (Å²) in [6, 6.07) is 10.7. The molecule has 9 heteroatoms. The van der Waals surface area contributed by atoms with Crippen molar-refractivity contribution in [2.24, 2.45) is 0 Å². The molecule has 2 aliphatic heterocycles. The van der Waals surface area contributed by atoms with Crippen LogP contribution >= 0.6 is 11.6 Å². The molecule has 5 rings (SSSR count). The molecule has 0 spiro atoms. The Labute approximate surface area is 195 Å². The fourth-order valence-corrected chi connectivity index (χ4v) is 4.60. The van der Waals surface area contributed by atoms with E-state index >= 15 is 0 Å². The van der Waals surface area contributed by atoms with Gasteiger partial charge in [-0.05, 0) is 49.2 Å². The number of carbonyl (C=O) groups excluding carboxylic acids is 1. The molecule has 33 heavy (non-hydrogen) atoms. The first-order valence-electron chi connectivity index (χ1n) is 10.8. The van der Waals surface area contributed by atoms with E-state index in [1.807, 2.05) is 12.1 Å². The number of benzene rings is 2. The highest BCUT2D eigenvalue weighted by atomic mass is 35.5. The summed E-state index contributed by atoms with van der Waals surface area (Å²) in [4.78, 5) is 23.5. The molecule has 2 N–H and O–H groups in total. The maximum Gasteiger partial charge on any atom is 0.248 e. The van der Waals surface area contributed by atoms with Gasteiger partial charge in [-0.3, -0.25) is 9.69 Å². The summed E-state index contributed by atoms with van der Waals surface area (Å²) in [6.45, 7) is 2.29. The van der Waals surface area contributed by atoms with E-state index in [1.165, 1.54) is 18.5 Å². The quantitative estimate of drug-likeness (QED) is 0.519. The predicted molar refractivity (Wildman–Crippen MR) is 126 cm³/mol. The van der Waals surface area contributed by atoms with Crippen molar-refractivity contribution < 1.29 is 13.9 Å². The third-order valence-electron chi connectivity index (χ3n) is 6.06. The average molecular weight is 468 g/mol. The number of carbonyl (C=O) groups is 1. The van der Waals surface area contributed by atoms with E-state index in [1.54, 1.807) is 24.3 Å². The largest absolute Gasteiger partial charge is 0.378 e. The molecule has 7 nitrogen and oxygen atoms in total. The molecule has 0 radical (unpaired) electrons. The monoisotopic (exact) mass is 467 g/mol. The summed E-state index contributed by atoms with van der Waals surface area (Å²) in [5.74, 6) is -0.169. The van der Waals surface area contributed by atoms with Crippen LogP contribution in [0.2, 0.25) is 5.02 Å². The van der Waals surface area contributed by atoms with Gasteiger partial charge in [-0.25, -0.2) is 14.4 Å². The van der Waals surface area contributed by atoms with E-state index in [-0.39, 0.29) is 10.9 Å². The van der Waals surface area contributed by atoms with E-state index in [0.717, 1.165) is 32.6 Å². The van der Waals surface area contributed by atoms with Crippen LogP contribution in [0.5, 0.6) is 0 Å². The molecule has 2 atom stereocenters. The molecular formula is C24H23ClFN5O2. The zero-order valence-corrected chi connectivity index (χ0v) is 18.6. The number of amides is 1. The first-order valence-corrected chi connectivity index (χ1v) is 11.2. The molecule has 3 aromatic rings. The Balaban J connectivity index is 1.28. The molecule has 1 amide bonds. The van der Waals surface area contributed by atoms with Gasteiger partial charge in [0, 0.05) is 41.5 Å². The molecule has 3 heterocycles. The van der Waals surface area contributed by atoms with Crippen molar-refractivity contribution >= 4 is 45.6 Å². The lowest BCUT2D eigenvalue weighted by Gasteiger charge is -2.33. The molecule has 2 aliphatic rings. The number of aromatic nitrogens is 2. The van der Waals surface area contributed by atoms with Crippen LogP contribution in [-0.2, 0) is 9.53 Å². The number of hydrogen-bond donors (Lipinski definition) is 2. The second-order valence-corrected chi connectivity index (χ2v) is 8.63. The summed E-state index contributed by atoms with van der Waals surface area (Å²) in [5.41, 5.74) is 1.92. The lowest BCUT2D eigenvalue weighted by Crippen LogP contribution is -2.45. The highest BCUT2D eigenvalue weighted by Gasteiger charge is 2.36. The van der Waals surface area contributed by atoms with E-state index in [9.17, 15) is 9.18 Å². The summed E-state index contributed by atoms with van der Waals surface area (Å²) in [7, 11) is 0. The first kappa shape index (κ1) is 21.8. The van der Waals surface area contributed by atoms with Crippen LogP contribution in [0, 0.1) is 5.82 Å². The maximum absolute atomic E-state index is 13.5. The van der Waals surface area contributed by atoms with Crippen molar-refractivity contribution in [3.63, 3.8) is 0 Å². The molecule has 2 fully saturated rings. The van der Waals surface area contributed by atoms with Gasteiger partial charge in [-0.2, -0.15) is 0 Å². The molecule has 2 saturated heterocycles. The van der Waals surface area contributed by atoms with Crippen molar-refractivity contribution in [2.45, 2.75) is 24.9 Å². The van der Waals surface area contributed by atoms with Gasteiger partial charge >= 0.3 is 0 Å². The van der Waals surface area contributed by atoms with Crippen molar-refractivity contribution in [2.75, 3.05) is 30.4 Å². The SMILES string of the molecule is O=C(C=CCN1C2CCC1COC2)Nc1ccc2ncnc(Nc3ccc(F)c(Cl)c3)c2c1. The fraction of sp³-hybridized carbons (Fsp3) is 0.292. The van der Waals surface area contributed by atoms with Crippen LogP contribution in [0.15, 0.2) is 54.9 Å². The van der Waals surface area contributed by atoms with Gasteiger partial charge in [0.05, 0.1) is 23.8 Å². The lowest BCUT2D eigenvalue weighted by atomic mass is 10.2. The standard InChI is InChI=1S/C24H23ClFN5O2/c25-20-11-16(3-7-21(20)26)30-24-19-10-15(4-8-22(19)27-14-28-24)29-23(32)2-1-9-31-17-5-6-18(31)13-33-12-17/h1-4,7-8,10-11,14,17-18H,5-6,9,12-13H2,(H,29,32)(H,27,28,30). The molecule has 1 aromatic heterocycles. The van der Waals surface area contributed by atoms with Crippen molar-refractivity contribution in [3.05, 3.63) is 65.7 Å². The smallest absolute Gasteiger partial charge is 0.248 e. The number of nitrogens with zero attached hydrogens (tertiary/aromatic N) is 3. The summed E-state index contributed by atoms with van der Waals surface area (Å²) in [6.07, 6.45) is 7.23. The Kier molecular flexibility index (Phi) is 6.22. The Hall–Kier alpha value is -3.07. The number of fused-ring (bicyclic) bond motifs is 3. The van der Waals surface area contributed by atoms with E-state index < -0.39 is 5.82 Å². The van der Waals surface area contributed by atoms with E-state index in [4.69, 9.17) is 16.3 Å². The topological polar surface area (TPSA) is 79.4 Å². The second kappa shape index (κ2) is 9.43.